The Kier molecular flexibility index (Phi) is 6.80. The number of ether oxygens (including phenoxy) is 2. The van der Waals surface area contributed by atoms with Crippen molar-refractivity contribution in [2.24, 2.45) is 0 Å². The fourth-order valence-electron chi connectivity index (χ4n) is 2.59. The van der Waals surface area contributed by atoms with Gasteiger partial charge in [-0.3, -0.25) is 9.52 Å². The van der Waals surface area contributed by atoms with Gasteiger partial charge < -0.3 is 9.47 Å². The van der Waals surface area contributed by atoms with E-state index in [1.807, 2.05) is 32.0 Å². The van der Waals surface area contributed by atoms with Crippen LogP contribution in [0.15, 0.2) is 42.5 Å². The largest absolute Gasteiger partial charge is 0.481 e. The highest BCUT2D eigenvalue weighted by Gasteiger charge is 2.20. The molecular formula is C20H23NO6S. The third-order valence-corrected chi connectivity index (χ3v) is 4.50. The lowest BCUT2D eigenvalue weighted by molar-refractivity contribution is -0.148. The summed E-state index contributed by atoms with van der Waals surface area (Å²) in [5.74, 6) is -0.433. The number of anilines is 1. The van der Waals surface area contributed by atoms with Gasteiger partial charge in [-0.25, -0.2) is 13.2 Å². The molecule has 150 valence electrons. The number of esters is 1. The van der Waals surface area contributed by atoms with Gasteiger partial charge in [0.2, 0.25) is 15.8 Å². The van der Waals surface area contributed by atoms with Crippen LogP contribution in [-0.4, -0.2) is 39.1 Å². The molecule has 0 fully saturated rings. The summed E-state index contributed by atoms with van der Waals surface area (Å²) in [5.41, 5.74) is 2.44. The molecule has 0 unspecified atom stereocenters. The van der Waals surface area contributed by atoms with Crippen LogP contribution < -0.4 is 9.46 Å². The standard InChI is InChI=1S/C20H23NO6S/c1-13-6-5-7-14(2)20(13)26-12-18(22)27-15(3)19(23)16-8-10-17(11-9-16)21-28(4,24)25/h5-11,15,21H,12H2,1-4H3/t15-/m0/s1. The van der Waals surface area contributed by atoms with Gasteiger partial charge in [0.05, 0.1) is 6.26 Å². The second kappa shape index (κ2) is 8.88. The Balaban J connectivity index is 1.93. The molecule has 0 aliphatic rings. The van der Waals surface area contributed by atoms with E-state index in [1.54, 1.807) is 0 Å². The normalized spacial score (nSPS) is 12.1. The molecule has 0 amide bonds. The van der Waals surface area contributed by atoms with Crippen LogP contribution in [0, 0.1) is 13.8 Å². The number of rotatable bonds is 8. The first-order chi connectivity index (χ1) is 13.1. The SMILES string of the molecule is Cc1cccc(C)c1OCC(=O)O[C@@H](C)C(=O)c1ccc(NS(C)(=O)=O)cc1. The zero-order valence-corrected chi connectivity index (χ0v) is 17.0. The number of carbonyl (C=O) groups excluding carboxylic acids is 2. The van der Waals surface area contributed by atoms with Crippen molar-refractivity contribution in [1.29, 1.82) is 0 Å². The van der Waals surface area contributed by atoms with E-state index >= 15 is 0 Å². The van der Waals surface area contributed by atoms with E-state index in [0.717, 1.165) is 17.4 Å². The second-order valence-electron chi connectivity index (χ2n) is 6.46. The van der Waals surface area contributed by atoms with Crippen molar-refractivity contribution in [3.63, 3.8) is 0 Å². The van der Waals surface area contributed by atoms with Gasteiger partial charge in [0.1, 0.15) is 5.75 Å². The number of hydrogen-bond donors (Lipinski definition) is 1. The summed E-state index contributed by atoms with van der Waals surface area (Å²) in [7, 11) is -3.40. The van der Waals surface area contributed by atoms with E-state index in [4.69, 9.17) is 9.47 Å². The number of Topliss-reactive ketones (excluding diaryl/α,β-unsaturated/α-hetero) is 1. The number of ketones is 1. The third kappa shape index (κ3) is 6.09. The molecule has 0 aliphatic carbocycles. The van der Waals surface area contributed by atoms with Gasteiger partial charge in [-0.15, -0.1) is 0 Å². The van der Waals surface area contributed by atoms with Crippen LogP contribution in [0.4, 0.5) is 5.69 Å². The zero-order chi connectivity index (χ0) is 20.9. The van der Waals surface area contributed by atoms with Gasteiger partial charge in [-0.1, -0.05) is 18.2 Å². The van der Waals surface area contributed by atoms with Crippen LogP contribution >= 0.6 is 0 Å². The van der Waals surface area contributed by atoms with Crippen molar-refractivity contribution in [3.05, 3.63) is 59.2 Å². The molecule has 2 aromatic carbocycles. The molecule has 0 saturated carbocycles. The van der Waals surface area contributed by atoms with Crippen molar-refractivity contribution in [2.75, 3.05) is 17.6 Å². The van der Waals surface area contributed by atoms with E-state index < -0.39 is 27.9 Å². The Morgan fingerprint density at radius 3 is 2.14 bits per heavy atom. The van der Waals surface area contributed by atoms with Crippen molar-refractivity contribution in [2.45, 2.75) is 26.9 Å². The molecule has 2 rings (SSSR count). The summed E-state index contributed by atoms with van der Waals surface area (Å²) < 4.78 is 35.4. The number of aryl methyl sites for hydroxylation is 2. The number of para-hydroxylation sites is 1. The number of sulfonamides is 1. The van der Waals surface area contributed by atoms with Crippen LogP contribution in [0.2, 0.25) is 0 Å². The van der Waals surface area contributed by atoms with E-state index in [0.29, 0.717) is 17.0 Å². The van der Waals surface area contributed by atoms with Gasteiger partial charge >= 0.3 is 5.97 Å². The summed E-state index contributed by atoms with van der Waals surface area (Å²) in [4.78, 5) is 24.4. The highest BCUT2D eigenvalue weighted by atomic mass is 32.2. The summed E-state index contributed by atoms with van der Waals surface area (Å²) >= 11 is 0. The molecule has 28 heavy (non-hydrogen) atoms. The molecule has 0 aromatic heterocycles. The molecule has 0 heterocycles. The Bertz CT molecular complexity index is 946. The maximum Gasteiger partial charge on any atom is 0.344 e. The van der Waals surface area contributed by atoms with Crippen molar-refractivity contribution in [3.8, 4) is 5.75 Å². The smallest absolute Gasteiger partial charge is 0.344 e. The number of nitrogens with one attached hydrogen (secondary N) is 1. The predicted octanol–water partition coefficient (Wildman–Crippen LogP) is 2.87. The third-order valence-electron chi connectivity index (χ3n) is 3.89. The number of hydrogen-bond acceptors (Lipinski definition) is 6. The summed E-state index contributed by atoms with van der Waals surface area (Å²) in [6.07, 6.45) is 0.0384. The fraction of sp³-hybridized carbons (Fsp3) is 0.300. The Morgan fingerprint density at radius 1 is 1.04 bits per heavy atom. The lowest BCUT2D eigenvalue weighted by atomic mass is 10.1. The first kappa shape index (κ1) is 21.4. The fourth-order valence-corrected chi connectivity index (χ4v) is 3.16. The maximum absolute atomic E-state index is 12.4. The molecule has 1 atom stereocenters. The molecule has 8 heteroatoms. The van der Waals surface area contributed by atoms with Crippen LogP contribution in [0.1, 0.15) is 28.4 Å². The monoisotopic (exact) mass is 405 g/mol. The minimum Gasteiger partial charge on any atom is -0.481 e. The summed E-state index contributed by atoms with van der Waals surface area (Å²) in [6.45, 7) is 4.92. The van der Waals surface area contributed by atoms with E-state index in [9.17, 15) is 18.0 Å². The van der Waals surface area contributed by atoms with Crippen LogP contribution in [0.3, 0.4) is 0 Å². The molecular weight excluding hydrogens is 382 g/mol. The minimum atomic E-state index is -3.40. The van der Waals surface area contributed by atoms with Crippen LogP contribution in [0.25, 0.3) is 0 Å². The average molecular weight is 405 g/mol. The highest BCUT2D eigenvalue weighted by Crippen LogP contribution is 2.22. The lowest BCUT2D eigenvalue weighted by Gasteiger charge is -2.15. The molecule has 0 aliphatic heterocycles. The number of carbonyl (C=O) groups is 2. The Morgan fingerprint density at radius 2 is 1.61 bits per heavy atom. The lowest BCUT2D eigenvalue weighted by Crippen LogP contribution is -2.27. The van der Waals surface area contributed by atoms with Crippen molar-refractivity contribution >= 4 is 27.5 Å². The Labute approximate surface area is 164 Å². The van der Waals surface area contributed by atoms with Crippen molar-refractivity contribution in [1.82, 2.24) is 0 Å². The van der Waals surface area contributed by atoms with E-state index in [2.05, 4.69) is 4.72 Å². The number of benzene rings is 2. The minimum absolute atomic E-state index is 0.301. The zero-order valence-electron chi connectivity index (χ0n) is 16.2. The highest BCUT2D eigenvalue weighted by molar-refractivity contribution is 7.92. The molecule has 0 saturated heterocycles. The molecule has 2 aromatic rings. The maximum atomic E-state index is 12.4. The molecule has 7 nitrogen and oxygen atoms in total. The van der Waals surface area contributed by atoms with Gasteiger partial charge in [-0.2, -0.15) is 0 Å². The average Bonchev–Trinajstić information content (AvgIpc) is 2.60. The van der Waals surface area contributed by atoms with Crippen molar-refractivity contribution < 1.29 is 27.5 Å². The summed E-state index contributed by atoms with van der Waals surface area (Å²) in [5, 5.41) is 0. The second-order valence-corrected chi connectivity index (χ2v) is 8.21. The predicted molar refractivity (Wildman–Crippen MR) is 106 cm³/mol. The summed E-state index contributed by atoms with van der Waals surface area (Å²) in [6, 6.07) is 11.5. The van der Waals surface area contributed by atoms with E-state index in [1.165, 1.54) is 31.2 Å². The molecule has 1 N–H and O–H groups in total. The molecule has 0 radical (unpaired) electrons. The topological polar surface area (TPSA) is 98.8 Å². The van der Waals surface area contributed by atoms with Crippen LogP contribution in [0.5, 0.6) is 5.75 Å². The first-order valence-corrected chi connectivity index (χ1v) is 10.5. The van der Waals surface area contributed by atoms with Gasteiger partial charge in [0.25, 0.3) is 0 Å². The molecule has 0 spiro atoms. The molecule has 0 bridgehead atoms. The first-order valence-electron chi connectivity index (χ1n) is 8.57. The van der Waals surface area contributed by atoms with E-state index in [-0.39, 0.29) is 6.61 Å². The quantitative estimate of drug-likeness (QED) is 0.536. The van der Waals surface area contributed by atoms with Gasteiger partial charge in [0.15, 0.2) is 12.7 Å². The van der Waals surface area contributed by atoms with Gasteiger partial charge in [0, 0.05) is 11.3 Å². The van der Waals surface area contributed by atoms with Crippen LogP contribution in [-0.2, 0) is 19.6 Å². The Hall–Kier alpha value is -2.87. The van der Waals surface area contributed by atoms with Gasteiger partial charge in [-0.05, 0) is 56.2 Å².